The van der Waals surface area contributed by atoms with Gasteiger partial charge in [-0.05, 0) is 45.5 Å². The number of halogens is 1. The fourth-order valence-electron chi connectivity index (χ4n) is 3.19. The molecule has 3 rings (SSSR count). The number of likely N-dealkylation sites (tertiary alicyclic amines) is 1. The third-order valence-electron chi connectivity index (χ3n) is 4.61. The summed E-state index contributed by atoms with van der Waals surface area (Å²) < 4.78 is 13.9. The molecule has 0 bridgehead atoms. The molecule has 0 N–H and O–H groups in total. The Balaban J connectivity index is 1.81. The summed E-state index contributed by atoms with van der Waals surface area (Å²) in [5, 5.41) is 0.713. The summed E-state index contributed by atoms with van der Waals surface area (Å²) in [6, 6.07) is 8.79. The van der Waals surface area contributed by atoms with Gasteiger partial charge in [-0.3, -0.25) is 4.79 Å². The van der Waals surface area contributed by atoms with E-state index < -0.39 is 0 Å². The van der Waals surface area contributed by atoms with Gasteiger partial charge in [-0.25, -0.2) is 9.37 Å². The van der Waals surface area contributed by atoms with Crippen molar-refractivity contribution >= 4 is 16.8 Å². The Bertz CT molecular complexity index is 716. The molecule has 0 aliphatic carbocycles. The highest BCUT2D eigenvalue weighted by Gasteiger charge is 2.23. The van der Waals surface area contributed by atoms with Crippen LogP contribution in [0.1, 0.15) is 29.8 Å². The van der Waals surface area contributed by atoms with Crippen LogP contribution >= 0.6 is 0 Å². The molecule has 1 unspecified atom stereocenters. The SMILES string of the molecule is CN(C)C1CCCN(C(=O)c2ccc3cccc(F)c3n2)CC1. The molecule has 1 saturated heterocycles. The van der Waals surface area contributed by atoms with Gasteiger partial charge < -0.3 is 9.80 Å². The summed E-state index contributed by atoms with van der Waals surface area (Å²) in [6.07, 6.45) is 3.04. The van der Waals surface area contributed by atoms with Gasteiger partial charge in [0.25, 0.3) is 5.91 Å². The molecule has 0 spiro atoms. The fraction of sp³-hybridized carbons (Fsp3) is 0.444. The van der Waals surface area contributed by atoms with Crippen LogP contribution in [0.3, 0.4) is 0 Å². The number of hydrogen-bond acceptors (Lipinski definition) is 3. The van der Waals surface area contributed by atoms with E-state index in [1.54, 1.807) is 24.3 Å². The number of hydrogen-bond donors (Lipinski definition) is 0. The average Bonchev–Trinajstić information content (AvgIpc) is 2.80. The molecule has 1 fully saturated rings. The zero-order chi connectivity index (χ0) is 16.4. The van der Waals surface area contributed by atoms with Crippen molar-refractivity contribution < 1.29 is 9.18 Å². The van der Waals surface area contributed by atoms with E-state index in [1.807, 2.05) is 4.90 Å². The van der Waals surface area contributed by atoms with Crippen molar-refractivity contribution in [1.29, 1.82) is 0 Å². The average molecular weight is 315 g/mol. The summed E-state index contributed by atoms with van der Waals surface area (Å²) in [7, 11) is 4.16. The van der Waals surface area contributed by atoms with Gasteiger partial charge in [0, 0.05) is 24.5 Å². The molecule has 4 nitrogen and oxygen atoms in total. The summed E-state index contributed by atoms with van der Waals surface area (Å²) in [6.45, 7) is 1.46. The van der Waals surface area contributed by atoms with Gasteiger partial charge in [-0.2, -0.15) is 0 Å². The molecule has 5 heteroatoms. The molecular weight excluding hydrogens is 293 g/mol. The zero-order valence-corrected chi connectivity index (χ0v) is 13.6. The normalized spacial score (nSPS) is 19.1. The minimum Gasteiger partial charge on any atom is -0.337 e. The maximum atomic E-state index is 13.9. The molecule has 1 aromatic carbocycles. The Labute approximate surface area is 135 Å². The first-order chi connectivity index (χ1) is 11.1. The Hall–Kier alpha value is -2.01. The van der Waals surface area contributed by atoms with Gasteiger partial charge >= 0.3 is 0 Å². The summed E-state index contributed by atoms with van der Waals surface area (Å²) in [5.74, 6) is -0.491. The van der Waals surface area contributed by atoms with E-state index in [2.05, 4.69) is 24.0 Å². The number of carbonyl (C=O) groups is 1. The van der Waals surface area contributed by atoms with Crippen LogP contribution in [0.2, 0.25) is 0 Å². The number of nitrogens with zero attached hydrogens (tertiary/aromatic N) is 3. The molecule has 1 atom stereocenters. The molecule has 2 heterocycles. The quantitative estimate of drug-likeness (QED) is 0.855. The number of rotatable bonds is 2. The summed E-state index contributed by atoms with van der Waals surface area (Å²) in [4.78, 5) is 21.0. The summed E-state index contributed by atoms with van der Waals surface area (Å²) >= 11 is 0. The van der Waals surface area contributed by atoms with Crippen molar-refractivity contribution in [2.24, 2.45) is 0 Å². The maximum absolute atomic E-state index is 13.9. The highest BCUT2D eigenvalue weighted by molar-refractivity contribution is 5.95. The van der Waals surface area contributed by atoms with Crippen molar-refractivity contribution in [3.63, 3.8) is 0 Å². The van der Waals surface area contributed by atoms with Gasteiger partial charge in [-0.1, -0.05) is 18.2 Å². The lowest BCUT2D eigenvalue weighted by Crippen LogP contribution is -2.34. The molecule has 2 aromatic rings. The van der Waals surface area contributed by atoms with Crippen LogP contribution < -0.4 is 0 Å². The standard InChI is InChI=1S/C18H22FN3O/c1-21(2)14-6-4-11-22(12-10-14)18(23)16-9-8-13-5-3-7-15(19)17(13)20-16/h3,5,7-9,14H,4,6,10-12H2,1-2H3. The Morgan fingerprint density at radius 3 is 2.83 bits per heavy atom. The van der Waals surface area contributed by atoms with Crippen molar-refractivity contribution in [2.45, 2.75) is 25.3 Å². The Kier molecular flexibility index (Phi) is 4.57. The van der Waals surface area contributed by atoms with Crippen LogP contribution in [0, 0.1) is 5.82 Å². The summed E-state index contributed by atoms with van der Waals surface area (Å²) in [5.41, 5.74) is 0.588. The second kappa shape index (κ2) is 6.62. The molecule has 122 valence electrons. The number of pyridine rings is 1. The van der Waals surface area contributed by atoms with Crippen LogP contribution in [-0.4, -0.2) is 53.9 Å². The van der Waals surface area contributed by atoms with Crippen LogP contribution in [-0.2, 0) is 0 Å². The van der Waals surface area contributed by atoms with Crippen molar-refractivity contribution in [3.8, 4) is 0 Å². The maximum Gasteiger partial charge on any atom is 0.272 e. The van der Waals surface area contributed by atoms with E-state index in [9.17, 15) is 9.18 Å². The Morgan fingerprint density at radius 1 is 1.22 bits per heavy atom. The molecule has 1 aromatic heterocycles. The molecule has 23 heavy (non-hydrogen) atoms. The Morgan fingerprint density at radius 2 is 2.04 bits per heavy atom. The molecule has 0 radical (unpaired) electrons. The number of carbonyl (C=O) groups excluding carboxylic acids is 1. The molecule has 1 aliphatic rings. The number of fused-ring (bicyclic) bond motifs is 1. The van der Waals surface area contributed by atoms with Crippen molar-refractivity contribution in [3.05, 3.63) is 41.8 Å². The van der Waals surface area contributed by atoms with Gasteiger partial charge in [0.1, 0.15) is 17.0 Å². The number of benzene rings is 1. The van der Waals surface area contributed by atoms with Gasteiger partial charge in [0.15, 0.2) is 0 Å². The lowest BCUT2D eigenvalue weighted by atomic mass is 10.1. The van der Waals surface area contributed by atoms with Gasteiger partial charge in [-0.15, -0.1) is 0 Å². The number of para-hydroxylation sites is 1. The molecule has 0 saturated carbocycles. The van der Waals surface area contributed by atoms with E-state index in [0.29, 0.717) is 17.1 Å². The lowest BCUT2D eigenvalue weighted by Gasteiger charge is -2.23. The highest BCUT2D eigenvalue weighted by Crippen LogP contribution is 2.19. The van der Waals surface area contributed by atoms with E-state index in [-0.39, 0.29) is 17.2 Å². The van der Waals surface area contributed by atoms with E-state index in [4.69, 9.17) is 0 Å². The van der Waals surface area contributed by atoms with Crippen molar-refractivity contribution in [2.75, 3.05) is 27.2 Å². The highest BCUT2D eigenvalue weighted by atomic mass is 19.1. The first-order valence-corrected chi connectivity index (χ1v) is 8.07. The van der Waals surface area contributed by atoms with Crippen LogP contribution in [0.5, 0.6) is 0 Å². The first kappa shape index (κ1) is 15.9. The third kappa shape index (κ3) is 3.34. The van der Waals surface area contributed by atoms with Gasteiger partial charge in [0.05, 0.1) is 0 Å². The lowest BCUT2D eigenvalue weighted by molar-refractivity contribution is 0.0753. The number of aromatic nitrogens is 1. The monoisotopic (exact) mass is 315 g/mol. The van der Waals surface area contributed by atoms with Crippen molar-refractivity contribution in [1.82, 2.24) is 14.8 Å². The van der Waals surface area contributed by atoms with E-state index >= 15 is 0 Å². The van der Waals surface area contributed by atoms with Crippen LogP contribution in [0.15, 0.2) is 30.3 Å². The number of amides is 1. The second-order valence-corrected chi connectivity index (χ2v) is 6.35. The predicted octanol–water partition coefficient (Wildman–Crippen LogP) is 2.93. The minimum absolute atomic E-state index is 0.102. The largest absolute Gasteiger partial charge is 0.337 e. The van der Waals surface area contributed by atoms with E-state index in [0.717, 1.165) is 32.4 Å². The third-order valence-corrected chi connectivity index (χ3v) is 4.61. The van der Waals surface area contributed by atoms with E-state index in [1.165, 1.54) is 6.07 Å². The molecule has 1 aliphatic heterocycles. The van der Waals surface area contributed by atoms with Crippen LogP contribution in [0.25, 0.3) is 10.9 Å². The fourth-order valence-corrected chi connectivity index (χ4v) is 3.19. The molecule has 1 amide bonds. The predicted molar refractivity (Wildman–Crippen MR) is 88.9 cm³/mol. The minimum atomic E-state index is -0.388. The second-order valence-electron chi connectivity index (χ2n) is 6.35. The van der Waals surface area contributed by atoms with Crippen LogP contribution in [0.4, 0.5) is 4.39 Å². The topological polar surface area (TPSA) is 36.4 Å². The molecular formula is C18H22FN3O. The van der Waals surface area contributed by atoms with Gasteiger partial charge in [0.2, 0.25) is 0 Å². The smallest absolute Gasteiger partial charge is 0.272 e. The zero-order valence-electron chi connectivity index (χ0n) is 13.6. The first-order valence-electron chi connectivity index (χ1n) is 8.07.